The van der Waals surface area contributed by atoms with Crippen molar-refractivity contribution in [1.29, 1.82) is 0 Å². The molecular formula is C12H14N2O. The van der Waals surface area contributed by atoms with E-state index >= 15 is 0 Å². The Kier molecular flexibility index (Phi) is 1.76. The molecule has 78 valence electrons. The van der Waals surface area contributed by atoms with Gasteiger partial charge in [-0.15, -0.1) is 0 Å². The molecule has 0 amide bonds. The van der Waals surface area contributed by atoms with Crippen LogP contribution in [0.1, 0.15) is 18.1 Å². The van der Waals surface area contributed by atoms with Crippen molar-refractivity contribution in [3.05, 3.63) is 41.6 Å². The Morgan fingerprint density at radius 1 is 1.47 bits per heavy atom. The highest BCUT2D eigenvalue weighted by Gasteiger charge is 2.50. The molecule has 3 heteroatoms. The first kappa shape index (κ1) is 8.80. The molecule has 0 bridgehead atoms. The summed E-state index contributed by atoms with van der Waals surface area (Å²) < 4.78 is 0. The minimum atomic E-state index is -0.394. The summed E-state index contributed by atoms with van der Waals surface area (Å²) in [5.41, 5.74) is 8.74. The van der Waals surface area contributed by atoms with Gasteiger partial charge in [0.25, 0.3) is 0 Å². The summed E-state index contributed by atoms with van der Waals surface area (Å²) in [7, 11) is 0. The van der Waals surface area contributed by atoms with Crippen molar-refractivity contribution in [3.63, 3.8) is 0 Å². The lowest BCUT2D eigenvalue weighted by Crippen LogP contribution is -2.10. The van der Waals surface area contributed by atoms with Gasteiger partial charge in [-0.1, -0.05) is 12.1 Å². The monoisotopic (exact) mass is 202 g/mol. The van der Waals surface area contributed by atoms with Gasteiger partial charge < -0.3 is 15.7 Å². The standard InChI is InChI=1S/C12H14N2O/c13-9-3-1-2-8(6-9)12(15)4-5-14-10-7-11(10)14/h1-3,6-7,10,12,15H,4-5,13H2. The van der Waals surface area contributed by atoms with Crippen LogP contribution >= 0.6 is 0 Å². The van der Waals surface area contributed by atoms with Crippen LogP contribution in [0.15, 0.2) is 36.0 Å². The van der Waals surface area contributed by atoms with Gasteiger partial charge in [-0.25, -0.2) is 0 Å². The maximum absolute atomic E-state index is 9.92. The van der Waals surface area contributed by atoms with Gasteiger partial charge in [0.1, 0.15) is 0 Å². The largest absolute Gasteiger partial charge is 0.399 e. The number of aliphatic hydroxyl groups excluding tert-OH is 1. The van der Waals surface area contributed by atoms with Gasteiger partial charge in [0.2, 0.25) is 0 Å². The first-order valence-corrected chi connectivity index (χ1v) is 5.27. The first-order chi connectivity index (χ1) is 7.25. The number of nitrogens with zero attached hydrogens (tertiary/aromatic N) is 1. The molecule has 3 rings (SSSR count). The van der Waals surface area contributed by atoms with Crippen molar-refractivity contribution in [1.82, 2.24) is 4.90 Å². The molecular weight excluding hydrogens is 188 g/mol. The topological polar surface area (TPSA) is 49.3 Å². The maximum atomic E-state index is 9.92. The molecule has 2 aliphatic rings. The highest BCUT2D eigenvalue weighted by molar-refractivity contribution is 5.50. The second-order valence-corrected chi connectivity index (χ2v) is 4.20. The quantitative estimate of drug-likeness (QED) is 0.571. The minimum absolute atomic E-state index is 0.394. The van der Waals surface area contributed by atoms with E-state index in [1.54, 1.807) is 0 Å². The van der Waals surface area contributed by atoms with Gasteiger partial charge in [0, 0.05) is 17.9 Å². The molecule has 2 atom stereocenters. The molecule has 3 N–H and O–H groups in total. The van der Waals surface area contributed by atoms with Crippen LogP contribution in [0.2, 0.25) is 0 Å². The zero-order chi connectivity index (χ0) is 10.4. The number of fused-ring (bicyclic) bond motifs is 1. The second kappa shape index (κ2) is 3.00. The third-order valence-electron chi connectivity index (χ3n) is 3.06. The molecule has 0 spiro atoms. The third kappa shape index (κ3) is 1.59. The summed E-state index contributed by atoms with van der Waals surface area (Å²) in [5.74, 6) is 0. The SMILES string of the molecule is Nc1cccc(C(O)CCN2C3=CC32)c1. The molecule has 1 aromatic rings. The Labute approximate surface area is 88.8 Å². The smallest absolute Gasteiger partial charge is 0.0890 e. The molecule has 3 nitrogen and oxygen atoms in total. The number of rotatable bonds is 4. The summed E-state index contributed by atoms with van der Waals surface area (Å²) in [4.78, 5) is 2.30. The van der Waals surface area contributed by atoms with E-state index in [0.29, 0.717) is 11.7 Å². The van der Waals surface area contributed by atoms with Crippen molar-refractivity contribution in [2.75, 3.05) is 12.3 Å². The van der Waals surface area contributed by atoms with Crippen molar-refractivity contribution < 1.29 is 5.11 Å². The van der Waals surface area contributed by atoms with Crippen molar-refractivity contribution in [3.8, 4) is 0 Å². The van der Waals surface area contributed by atoms with E-state index < -0.39 is 6.10 Å². The van der Waals surface area contributed by atoms with Crippen LogP contribution in [-0.2, 0) is 0 Å². The average molecular weight is 202 g/mol. The number of aliphatic hydroxyl groups is 1. The summed E-state index contributed by atoms with van der Waals surface area (Å²) >= 11 is 0. The van der Waals surface area contributed by atoms with Gasteiger partial charge in [-0.3, -0.25) is 0 Å². The molecule has 1 aliphatic carbocycles. The van der Waals surface area contributed by atoms with Crippen LogP contribution in [0.3, 0.4) is 0 Å². The van der Waals surface area contributed by atoms with E-state index in [9.17, 15) is 5.11 Å². The van der Waals surface area contributed by atoms with Gasteiger partial charge in [-0.2, -0.15) is 0 Å². The fourth-order valence-corrected chi connectivity index (χ4v) is 1.95. The Balaban J connectivity index is 1.58. The fourth-order valence-electron chi connectivity index (χ4n) is 1.95. The molecule has 1 heterocycles. The van der Waals surface area contributed by atoms with Crippen LogP contribution in [-0.4, -0.2) is 22.6 Å². The number of nitrogens with two attached hydrogens (primary N) is 1. The number of benzene rings is 1. The summed E-state index contributed by atoms with van der Waals surface area (Å²) in [6.45, 7) is 0.951. The molecule has 0 radical (unpaired) electrons. The van der Waals surface area contributed by atoms with Crippen LogP contribution in [0, 0.1) is 0 Å². The lowest BCUT2D eigenvalue weighted by atomic mass is 10.1. The summed E-state index contributed by atoms with van der Waals surface area (Å²) in [5, 5.41) is 9.92. The van der Waals surface area contributed by atoms with Crippen LogP contribution in [0.25, 0.3) is 0 Å². The molecule has 1 aliphatic heterocycles. The zero-order valence-corrected chi connectivity index (χ0v) is 8.43. The number of hydrogen-bond acceptors (Lipinski definition) is 3. The van der Waals surface area contributed by atoms with E-state index in [0.717, 1.165) is 18.5 Å². The Hall–Kier alpha value is -1.48. The summed E-state index contributed by atoms with van der Waals surface area (Å²) in [6.07, 6.45) is 2.61. The number of anilines is 1. The number of nitrogen functional groups attached to an aromatic ring is 1. The zero-order valence-electron chi connectivity index (χ0n) is 8.43. The summed E-state index contributed by atoms with van der Waals surface area (Å²) in [6, 6.07) is 8.14. The highest BCUT2D eigenvalue weighted by Crippen LogP contribution is 2.48. The Morgan fingerprint density at radius 2 is 2.27 bits per heavy atom. The van der Waals surface area contributed by atoms with E-state index in [1.807, 2.05) is 24.3 Å². The molecule has 0 saturated carbocycles. The average Bonchev–Trinajstić information content (AvgIpc) is 3.07. The normalized spacial score (nSPS) is 23.1. The van der Waals surface area contributed by atoms with Crippen molar-refractivity contribution in [2.45, 2.75) is 18.6 Å². The molecule has 1 fully saturated rings. The fraction of sp³-hybridized carbons (Fsp3) is 0.333. The van der Waals surface area contributed by atoms with E-state index in [4.69, 9.17) is 5.73 Å². The third-order valence-corrected chi connectivity index (χ3v) is 3.06. The molecule has 15 heavy (non-hydrogen) atoms. The van der Waals surface area contributed by atoms with E-state index in [-0.39, 0.29) is 0 Å². The lowest BCUT2D eigenvalue weighted by Gasteiger charge is -2.13. The van der Waals surface area contributed by atoms with Crippen LogP contribution < -0.4 is 5.73 Å². The minimum Gasteiger partial charge on any atom is -0.399 e. The predicted molar refractivity (Wildman–Crippen MR) is 59.0 cm³/mol. The Bertz CT molecular complexity index is 427. The van der Waals surface area contributed by atoms with Crippen LogP contribution in [0.5, 0.6) is 0 Å². The van der Waals surface area contributed by atoms with Gasteiger partial charge >= 0.3 is 0 Å². The first-order valence-electron chi connectivity index (χ1n) is 5.27. The lowest BCUT2D eigenvalue weighted by molar-refractivity contribution is 0.160. The van der Waals surface area contributed by atoms with E-state index in [1.165, 1.54) is 5.70 Å². The molecule has 1 aromatic carbocycles. The van der Waals surface area contributed by atoms with Crippen molar-refractivity contribution >= 4 is 5.69 Å². The van der Waals surface area contributed by atoms with Gasteiger partial charge in [-0.05, 0) is 30.2 Å². The Morgan fingerprint density at radius 3 is 2.87 bits per heavy atom. The van der Waals surface area contributed by atoms with Crippen LogP contribution in [0.4, 0.5) is 5.69 Å². The van der Waals surface area contributed by atoms with Crippen molar-refractivity contribution in [2.24, 2.45) is 0 Å². The molecule has 2 unspecified atom stereocenters. The molecule has 1 saturated heterocycles. The highest BCUT2D eigenvalue weighted by atomic mass is 16.3. The van der Waals surface area contributed by atoms with Gasteiger partial charge in [0.15, 0.2) is 0 Å². The second-order valence-electron chi connectivity index (χ2n) is 4.20. The number of hydrogen-bond donors (Lipinski definition) is 2. The predicted octanol–water partition coefficient (Wildman–Crippen LogP) is 1.27. The maximum Gasteiger partial charge on any atom is 0.0890 e. The van der Waals surface area contributed by atoms with E-state index in [2.05, 4.69) is 11.0 Å². The van der Waals surface area contributed by atoms with Gasteiger partial charge in [0.05, 0.1) is 12.1 Å². The molecule has 0 aromatic heterocycles.